The summed E-state index contributed by atoms with van der Waals surface area (Å²) in [6.45, 7) is 1.47. The van der Waals surface area contributed by atoms with Gasteiger partial charge in [-0.3, -0.25) is 4.90 Å². The second-order valence-electron chi connectivity index (χ2n) is 3.27. The molecule has 0 aromatic rings. The van der Waals surface area contributed by atoms with E-state index in [0.717, 1.165) is 19.4 Å². The molecule has 0 aromatic heterocycles. The van der Waals surface area contributed by atoms with E-state index in [-0.39, 0.29) is 5.41 Å². The summed E-state index contributed by atoms with van der Waals surface area (Å²) in [5.41, 5.74) is -0.0500. The summed E-state index contributed by atoms with van der Waals surface area (Å²) in [7, 11) is 1.96. The molecule has 2 heteroatoms. The van der Waals surface area contributed by atoms with Crippen LogP contribution < -0.4 is 0 Å². The van der Waals surface area contributed by atoms with Crippen molar-refractivity contribution >= 4 is 0 Å². The van der Waals surface area contributed by atoms with Crippen LogP contribution in [0.2, 0.25) is 0 Å². The summed E-state index contributed by atoms with van der Waals surface area (Å²) in [6, 6.07) is 2.33. The summed E-state index contributed by atoms with van der Waals surface area (Å²) in [4.78, 5) is 2.02. The van der Waals surface area contributed by atoms with Gasteiger partial charge in [0.25, 0.3) is 0 Å². The Hall–Kier alpha value is -0.990. The summed E-state index contributed by atoms with van der Waals surface area (Å²) in [5, 5.41) is 8.75. The molecule has 0 aliphatic heterocycles. The lowest BCUT2D eigenvalue weighted by atomic mass is 10.1. The van der Waals surface area contributed by atoms with Crippen molar-refractivity contribution < 1.29 is 0 Å². The van der Waals surface area contributed by atoms with E-state index in [0.29, 0.717) is 6.54 Å². The third kappa shape index (κ3) is 1.97. The van der Waals surface area contributed by atoms with Crippen LogP contribution in [0, 0.1) is 29.1 Å². The first-order chi connectivity index (χ1) is 5.22. The first kappa shape index (κ1) is 8.11. The van der Waals surface area contributed by atoms with Gasteiger partial charge in [-0.15, -0.1) is 6.42 Å². The number of hydrogen-bond acceptors (Lipinski definition) is 2. The van der Waals surface area contributed by atoms with E-state index in [9.17, 15) is 0 Å². The Morgan fingerprint density at radius 3 is 2.64 bits per heavy atom. The van der Waals surface area contributed by atoms with Gasteiger partial charge in [0.15, 0.2) is 0 Å². The molecule has 1 rings (SSSR count). The first-order valence-corrected chi connectivity index (χ1v) is 3.76. The van der Waals surface area contributed by atoms with Crippen molar-refractivity contribution in [2.75, 3.05) is 20.1 Å². The standard InChI is InChI=1S/C9H12N2/c1-3-6-11(2)8-9(7-10)4-5-9/h1H,4-6,8H2,2H3. The van der Waals surface area contributed by atoms with Gasteiger partial charge in [0.05, 0.1) is 18.0 Å². The normalized spacial score (nSPS) is 18.9. The molecular weight excluding hydrogens is 136 g/mol. The zero-order valence-electron chi connectivity index (χ0n) is 6.80. The molecule has 11 heavy (non-hydrogen) atoms. The smallest absolute Gasteiger partial charge is 0.0703 e. The minimum absolute atomic E-state index is 0.0500. The Morgan fingerprint density at radius 1 is 1.64 bits per heavy atom. The average molecular weight is 148 g/mol. The molecule has 0 radical (unpaired) electrons. The number of terminal acetylenes is 1. The van der Waals surface area contributed by atoms with Gasteiger partial charge in [0.1, 0.15) is 0 Å². The van der Waals surface area contributed by atoms with Gasteiger partial charge in [-0.2, -0.15) is 5.26 Å². The molecule has 58 valence electrons. The van der Waals surface area contributed by atoms with Crippen LogP contribution in [-0.2, 0) is 0 Å². The Balaban J connectivity index is 2.32. The molecule has 2 nitrogen and oxygen atoms in total. The molecule has 0 heterocycles. The van der Waals surface area contributed by atoms with Gasteiger partial charge < -0.3 is 0 Å². The highest BCUT2D eigenvalue weighted by Crippen LogP contribution is 2.45. The van der Waals surface area contributed by atoms with Crippen molar-refractivity contribution in [3.63, 3.8) is 0 Å². The predicted octanol–water partition coefficient (Wildman–Crippen LogP) is 0.855. The molecule has 0 bridgehead atoms. The minimum Gasteiger partial charge on any atom is -0.294 e. The van der Waals surface area contributed by atoms with Gasteiger partial charge in [0.2, 0.25) is 0 Å². The second kappa shape index (κ2) is 2.95. The topological polar surface area (TPSA) is 27.0 Å². The van der Waals surface area contributed by atoms with Gasteiger partial charge in [-0.25, -0.2) is 0 Å². The lowest BCUT2D eigenvalue weighted by molar-refractivity contribution is 0.327. The van der Waals surface area contributed by atoms with E-state index >= 15 is 0 Å². The molecule has 1 saturated carbocycles. The maximum Gasteiger partial charge on any atom is 0.0703 e. The summed E-state index contributed by atoms with van der Waals surface area (Å²) < 4.78 is 0. The molecule has 0 N–H and O–H groups in total. The zero-order chi connectivity index (χ0) is 8.32. The molecule has 1 fully saturated rings. The Labute approximate surface area is 67.8 Å². The van der Waals surface area contributed by atoms with Crippen molar-refractivity contribution in [3.8, 4) is 18.4 Å². The van der Waals surface area contributed by atoms with E-state index in [1.807, 2.05) is 11.9 Å². The maximum atomic E-state index is 8.75. The lowest BCUT2D eigenvalue weighted by Crippen LogP contribution is -2.26. The SMILES string of the molecule is C#CCN(C)CC1(C#N)CC1. The van der Waals surface area contributed by atoms with Crippen LogP contribution in [0.3, 0.4) is 0 Å². The highest BCUT2D eigenvalue weighted by molar-refractivity contribution is 5.11. The van der Waals surface area contributed by atoms with Crippen molar-refractivity contribution in [1.82, 2.24) is 4.90 Å². The van der Waals surface area contributed by atoms with Crippen molar-refractivity contribution in [2.24, 2.45) is 5.41 Å². The molecular formula is C9H12N2. The monoisotopic (exact) mass is 148 g/mol. The second-order valence-corrected chi connectivity index (χ2v) is 3.27. The van der Waals surface area contributed by atoms with E-state index < -0.39 is 0 Å². The third-order valence-corrected chi connectivity index (χ3v) is 2.02. The maximum absolute atomic E-state index is 8.75. The highest BCUT2D eigenvalue weighted by Gasteiger charge is 2.43. The summed E-state index contributed by atoms with van der Waals surface area (Å²) in [6.07, 6.45) is 7.22. The first-order valence-electron chi connectivity index (χ1n) is 3.76. The quantitative estimate of drug-likeness (QED) is 0.555. The van der Waals surface area contributed by atoms with Crippen molar-refractivity contribution in [1.29, 1.82) is 5.26 Å². The third-order valence-electron chi connectivity index (χ3n) is 2.02. The van der Waals surface area contributed by atoms with Crippen molar-refractivity contribution in [2.45, 2.75) is 12.8 Å². The van der Waals surface area contributed by atoms with E-state index in [2.05, 4.69) is 12.0 Å². The molecule has 0 spiro atoms. The predicted molar refractivity (Wildman–Crippen MR) is 43.6 cm³/mol. The minimum atomic E-state index is -0.0500. The van der Waals surface area contributed by atoms with E-state index in [1.54, 1.807) is 0 Å². The number of hydrogen-bond donors (Lipinski definition) is 0. The van der Waals surface area contributed by atoms with Gasteiger partial charge in [-0.1, -0.05) is 5.92 Å². The average Bonchev–Trinajstić information content (AvgIpc) is 2.70. The fourth-order valence-corrected chi connectivity index (χ4v) is 1.18. The molecule has 0 saturated heterocycles. The van der Waals surface area contributed by atoms with Gasteiger partial charge in [-0.05, 0) is 19.9 Å². The molecule has 0 aromatic carbocycles. The van der Waals surface area contributed by atoms with Gasteiger partial charge >= 0.3 is 0 Å². The summed E-state index contributed by atoms with van der Waals surface area (Å²) >= 11 is 0. The van der Waals surface area contributed by atoms with Crippen LogP contribution in [0.4, 0.5) is 0 Å². The van der Waals surface area contributed by atoms with Crippen molar-refractivity contribution in [3.05, 3.63) is 0 Å². The van der Waals surface area contributed by atoms with Crippen LogP contribution in [-0.4, -0.2) is 25.0 Å². The number of rotatable bonds is 3. The van der Waals surface area contributed by atoms with Crippen LogP contribution in [0.1, 0.15) is 12.8 Å². The lowest BCUT2D eigenvalue weighted by Gasteiger charge is -2.15. The van der Waals surface area contributed by atoms with Crippen LogP contribution in [0.5, 0.6) is 0 Å². The van der Waals surface area contributed by atoms with Crippen LogP contribution >= 0.6 is 0 Å². The van der Waals surface area contributed by atoms with Crippen LogP contribution in [0.25, 0.3) is 0 Å². The van der Waals surface area contributed by atoms with Gasteiger partial charge in [0, 0.05) is 6.54 Å². The Morgan fingerprint density at radius 2 is 2.27 bits per heavy atom. The Kier molecular flexibility index (Phi) is 2.17. The van der Waals surface area contributed by atoms with E-state index in [1.165, 1.54) is 0 Å². The molecule has 0 amide bonds. The summed E-state index contributed by atoms with van der Waals surface area (Å²) in [5.74, 6) is 2.56. The molecule has 0 unspecified atom stereocenters. The highest BCUT2D eigenvalue weighted by atomic mass is 15.1. The molecule has 0 atom stereocenters. The number of nitrogens with zero attached hydrogens (tertiary/aromatic N) is 2. The number of nitriles is 1. The molecule has 1 aliphatic rings. The Bertz CT molecular complexity index is 215. The fraction of sp³-hybridized carbons (Fsp3) is 0.667. The fourth-order valence-electron chi connectivity index (χ4n) is 1.18. The zero-order valence-corrected chi connectivity index (χ0v) is 6.80. The largest absolute Gasteiger partial charge is 0.294 e. The van der Waals surface area contributed by atoms with Crippen LogP contribution in [0.15, 0.2) is 0 Å². The van der Waals surface area contributed by atoms with E-state index in [4.69, 9.17) is 11.7 Å². The molecule has 1 aliphatic carbocycles.